The van der Waals surface area contributed by atoms with E-state index in [0.717, 1.165) is 27.7 Å². The van der Waals surface area contributed by atoms with Crippen LogP contribution in [0.5, 0.6) is 0 Å². The second-order valence-corrected chi connectivity index (χ2v) is 6.59. The Bertz CT molecular complexity index is 846. The number of benzene rings is 2. The first-order valence-corrected chi connectivity index (χ1v) is 9.36. The number of aliphatic hydroxyl groups excluding tert-OH is 1. The van der Waals surface area contributed by atoms with Crippen LogP contribution in [-0.2, 0) is 15.3 Å². The fourth-order valence-corrected chi connectivity index (χ4v) is 3.41. The van der Waals surface area contributed by atoms with E-state index in [9.17, 15) is 4.79 Å². The van der Waals surface area contributed by atoms with Crippen molar-refractivity contribution in [1.29, 1.82) is 0 Å². The van der Waals surface area contributed by atoms with E-state index in [1.165, 1.54) is 5.56 Å². The van der Waals surface area contributed by atoms with Crippen LogP contribution in [0.4, 0.5) is 0 Å². The summed E-state index contributed by atoms with van der Waals surface area (Å²) in [5, 5.41) is 13.6. The van der Waals surface area contributed by atoms with E-state index in [4.69, 9.17) is 14.3 Å². The van der Waals surface area contributed by atoms with Gasteiger partial charge in [0.25, 0.3) is 0 Å². The molecule has 1 aromatic heterocycles. The lowest BCUT2D eigenvalue weighted by Crippen LogP contribution is -2.29. The molecule has 2 aromatic carbocycles. The Hall–Kier alpha value is -2.02. The summed E-state index contributed by atoms with van der Waals surface area (Å²) < 4.78 is 10.9. The highest BCUT2D eigenvalue weighted by molar-refractivity contribution is 7.99. The Kier molecular flexibility index (Phi) is 6.33. The van der Waals surface area contributed by atoms with Crippen molar-refractivity contribution in [1.82, 2.24) is 5.32 Å². The molecule has 0 atom stereocenters. The summed E-state index contributed by atoms with van der Waals surface area (Å²) in [4.78, 5) is 11.8. The Balaban J connectivity index is 1.50. The zero-order valence-electron chi connectivity index (χ0n) is 13.9. The molecule has 0 spiro atoms. The van der Waals surface area contributed by atoms with Gasteiger partial charge in [0.1, 0.15) is 11.2 Å². The van der Waals surface area contributed by atoms with Crippen LogP contribution in [0, 0.1) is 0 Å². The predicted octanol–water partition coefficient (Wildman–Crippen LogP) is 2.94. The van der Waals surface area contributed by atoms with Crippen LogP contribution in [0.2, 0.25) is 0 Å². The fourth-order valence-electron chi connectivity index (χ4n) is 2.60. The molecule has 0 unspecified atom stereocenters. The van der Waals surface area contributed by atoms with Crippen molar-refractivity contribution in [3.05, 3.63) is 48.0 Å². The number of hydrogen-bond acceptors (Lipinski definition) is 5. The van der Waals surface area contributed by atoms with Crippen molar-refractivity contribution in [3.8, 4) is 0 Å². The number of thioether (sulfide) groups is 1. The van der Waals surface area contributed by atoms with Gasteiger partial charge in [-0.05, 0) is 23.8 Å². The molecule has 3 rings (SSSR count). The predicted molar refractivity (Wildman–Crippen MR) is 101 cm³/mol. The molecule has 0 fully saturated rings. The number of ether oxygens (including phenoxy) is 1. The van der Waals surface area contributed by atoms with E-state index < -0.39 is 0 Å². The van der Waals surface area contributed by atoms with Crippen LogP contribution in [0.25, 0.3) is 21.9 Å². The Morgan fingerprint density at radius 2 is 1.96 bits per heavy atom. The van der Waals surface area contributed by atoms with E-state index in [0.29, 0.717) is 25.5 Å². The number of carbonyl (C=O) groups excluding carboxylic acids is 1. The molecule has 6 heteroatoms. The number of para-hydroxylation sites is 1. The lowest BCUT2D eigenvalue weighted by Gasteiger charge is -2.06. The summed E-state index contributed by atoms with van der Waals surface area (Å²) in [6.07, 6.45) is 0. The fraction of sp³-hybridized carbons (Fsp3) is 0.316. The third kappa shape index (κ3) is 4.75. The third-order valence-electron chi connectivity index (χ3n) is 3.75. The van der Waals surface area contributed by atoms with E-state index >= 15 is 0 Å². The summed E-state index contributed by atoms with van der Waals surface area (Å²) in [6, 6.07) is 14.2. The van der Waals surface area contributed by atoms with Gasteiger partial charge >= 0.3 is 0 Å². The molecule has 0 aliphatic carbocycles. The van der Waals surface area contributed by atoms with E-state index in [1.54, 1.807) is 11.8 Å². The molecule has 5 nitrogen and oxygen atoms in total. The van der Waals surface area contributed by atoms with E-state index in [2.05, 4.69) is 17.4 Å². The SMILES string of the molecule is O=C(CSCc1ccc2oc3ccccc3c2c1)NCCOCCO. The Morgan fingerprint density at radius 3 is 2.84 bits per heavy atom. The topological polar surface area (TPSA) is 71.7 Å². The van der Waals surface area contributed by atoms with Crippen molar-refractivity contribution < 1.29 is 19.1 Å². The van der Waals surface area contributed by atoms with Gasteiger partial charge in [-0.25, -0.2) is 0 Å². The molecular formula is C19H21NO4S. The van der Waals surface area contributed by atoms with Gasteiger partial charge in [0.2, 0.25) is 5.91 Å². The smallest absolute Gasteiger partial charge is 0.230 e. The minimum Gasteiger partial charge on any atom is -0.456 e. The first kappa shape index (κ1) is 17.8. The van der Waals surface area contributed by atoms with E-state index in [-0.39, 0.29) is 12.5 Å². The highest BCUT2D eigenvalue weighted by atomic mass is 32.2. The van der Waals surface area contributed by atoms with Crippen LogP contribution in [0.1, 0.15) is 5.56 Å². The summed E-state index contributed by atoms with van der Waals surface area (Å²) >= 11 is 1.58. The first-order chi connectivity index (χ1) is 12.3. The molecule has 132 valence electrons. The van der Waals surface area contributed by atoms with Crippen molar-refractivity contribution in [2.24, 2.45) is 0 Å². The van der Waals surface area contributed by atoms with Gasteiger partial charge < -0.3 is 19.6 Å². The average molecular weight is 359 g/mol. The third-order valence-corrected chi connectivity index (χ3v) is 4.75. The molecule has 0 aliphatic rings. The molecular weight excluding hydrogens is 338 g/mol. The second kappa shape index (κ2) is 8.89. The van der Waals surface area contributed by atoms with Crippen molar-refractivity contribution in [2.75, 3.05) is 32.1 Å². The highest BCUT2D eigenvalue weighted by Crippen LogP contribution is 2.29. The largest absolute Gasteiger partial charge is 0.456 e. The lowest BCUT2D eigenvalue weighted by molar-refractivity contribution is -0.118. The van der Waals surface area contributed by atoms with Gasteiger partial charge in [-0.3, -0.25) is 4.79 Å². The molecule has 3 aromatic rings. The van der Waals surface area contributed by atoms with Crippen LogP contribution >= 0.6 is 11.8 Å². The van der Waals surface area contributed by atoms with Crippen molar-refractivity contribution in [3.63, 3.8) is 0 Å². The number of hydrogen-bond donors (Lipinski definition) is 2. The summed E-state index contributed by atoms with van der Waals surface area (Å²) in [7, 11) is 0. The lowest BCUT2D eigenvalue weighted by atomic mass is 10.1. The van der Waals surface area contributed by atoms with Gasteiger partial charge in [0.15, 0.2) is 0 Å². The van der Waals surface area contributed by atoms with Crippen LogP contribution in [0.3, 0.4) is 0 Å². The maximum Gasteiger partial charge on any atom is 0.230 e. The van der Waals surface area contributed by atoms with Gasteiger partial charge in [0, 0.05) is 23.1 Å². The standard InChI is InChI=1S/C19H21NO4S/c21-8-10-23-9-7-20-19(22)13-25-12-14-5-6-18-16(11-14)15-3-1-2-4-17(15)24-18/h1-6,11,21H,7-10,12-13H2,(H,20,22). The van der Waals surface area contributed by atoms with Crippen LogP contribution < -0.4 is 5.32 Å². The quantitative estimate of drug-likeness (QED) is 0.575. The minimum atomic E-state index is -0.00700. The van der Waals surface area contributed by atoms with E-state index in [1.807, 2.05) is 30.3 Å². The monoisotopic (exact) mass is 359 g/mol. The number of carbonyl (C=O) groups is 1. The number of aliphatic hydroxyl groups is 1. The average Bonchev–Trinajstić information content (AvgIpc) is 3.00. The molecule has 25 heavy (non-hydrogen) atoms. The zero-order chi connectivity index (χ0) is 17.5. The van der Waals surface area contributed by atoms with Crippen molar-refractivity contribution in [2.45, 2.75) is 5.75 Å². The molecule has 2 N–H and O–H groups in total. The van der Waals surface area contributed by atoms with Gasteiger partial charge in [-0.2, -0.15) is 0 Å². The maximum atomic E-state index is 11.8. The minimum absolute atomic E-state index is 0.0000904. The normalized spacial score (nSPS) is 11.2. The zero-order valence-corrected chi connectivity index (χ0v) is 14.7. The molecule has 0 aliphatic heterocycles. The van der Waals surface area contributed by atoms with Gasteiger partial charge in [0.05, 0.1) is 25.6 Å². The van der Waals surface area contributed by atoms with Crippen LogP contribution in [0.15, 0.2) is 46.9 Å². The summed E-state index contributed by atoms with van der Waals surface area (Å²) in [5.74, 6) is 1.17. The summed E-state index contributed by atoms with van der Waals surface area (Å²) in [6.45, 7) is 1.18. The molecule has 1 amide bonds. The molecule has 0 radical (unpaired) electrons. The molecule has 0 saturated heterocycles. The second-order valence-electron chi connectivity index (χ2n) is 5.61. The molecule has 0 saturated carbocycles. The Morgan fingerprint density at radius 1 is 1.12 bits per heavy atom. The van der Waals surface area contributed by atoms with Gasteiger partial charge in [-0.1, -0.05) is 24.3 Å². The number of rotatable bonds is 9. The molecule has 1 heterocycles. The van der Waals surface area contributed by atoms with Gasteiger partial charge in [-0.15, -0.1) is 11.8 Å². The number of nitrogens with one attached hydrogen (secondary N) is 1. The number of fused-ring (bicyclic) bond motifs is 3. The Labute approximate surface area is 150 Å². The number of amides is 1. The molecule has 0 bridgehead atoms. The van der Waals surface area contributed by atoms with Crippen LogP contribution in [-0.4, -0.2) is 43.1 Å². The maximum absolute atomic E-state index is 11.8. The summed E-state index contributed by atoms with van der Waals surface area (Å²) in [5.41, 5.74) is 2.95. The van der Waals surface area contributed by atoms with Crippen molar-refractivity contribution >= 4 is 39.6 Å². The number of furan rings is 1. The first-order valence-electron chi connectivity index (χ1n) is 8.21. The highest BCUT2D eigenvalue weighted by Gasteiger charge is 2.07.